The average Bonchev–Trinajstić information content (AvgIpc) is 2.85. The van der Waals surface area contributed by atoms with Crippen LogP contribution in [0.25, 0.3) is 16.9 Å². The molecule has 0 radical (unpaired) electrons. The average molecular weight is 338 g/mol. The maximum atomic E-state index is 6.31. The number of benzene rings is 2. The van der Waals surface area contributed by atoms with Gasteiger partial charge >= 0.3 is 0 Å². The highest BCUT2D eigenvalue weighted by atomic mass is 35.5. The molecule has 0 saturated carbocycles. The monoisotopic (exact) mass is 336 g/mol. The summed E-state index contributed by atoms with van der Waals surface area (Å²) >= 11 is 18.4. The van der Waals surface area contributed by atoms with Crippen LogP contribution in [0, 0.1) is 6.92 Å². The fourth-order valence-electron chi connectivity index (χ4n) is 2.23. The number of nitrogens with zero attached hydrogens (tertiary/aromatic N) is 2. The van der Waals surface area contributed by atoms with E-state index in [1.54, 1.807) is 16.9 Å². The molecule has 2 aromatic carbocycles. The van der Waals surface area contributed by atoms with Gasteiger partial charge in [-0.2, -0.15) is 5.10 Å². The number of halogens is 3. The highest BCUT2D eigenvalue weighted by molar-refractivity contribution is 6.43. The van der Waals surface area contributed by atoms with Crippen molar-refractivity contribution in [2.75, 3.05) is 0 Å². The molecule has 0 spiro atoms. The van der Waals surface area contributed by atoms with Gasteiger partial charge in [-0.3, -0.25) is 0 Å². The highest BCUT2D eigenvalue weighted by Crippen LogP contribution is 2.33. The Morgan fingerprint density at radius 2 is 1.67 bits per heavy atom. The summed E-state index contributed by atoms with van der Waals surface area (Å²) in [6.07, 6.45) is 1.81. The second-order valence-corrected chi connectivity index (χ2v) is 5.89. The lowest BCUT2D eigenvalue weighted by molar-refractivity contribution is 0.888. The summed E-state index contributed by atoms with van der Waals surface area (Å²) in [6, 6.07) is 13.1. The molecule has 0 saturated heterocycles. The summed E-state index contributed by atoms with van der Waals surface area (Å²) in [7, 11) is 0. The van der Waals surface area contributed by atoms with Gasteiger partial charge in [0.2, 0.25) is 0 Å². The van der Waals surface area contributed by atoms with Crippen LogP contribution in [-0.4, -0.2) is 9.78 Å². The number of aromatic nitrogens is 2. The van der Waals surface area contributed by atoms with Gasteiger partial charge in [0.1, 0.15) is 0 Å². The number of rotatable bonds is 2. The van der Waals surface area contributed by atoms with Crippen LogP contribution in [0.5, 0.6) is 0 Å². The zero-order valence-electron chi connectivity index (χ0n) is 11.1. The third-order valence-electron chi connectivity index (χ3n) is 3.23. The number of hydrogen-bond donors (Lipinski definition) is 0. The second kappa shape index (κ2) is 5.72. The summed E-state index contributed by atoms with van der Waals surface area (Å²) in [5, 5.41) is 6.11. The van der Waals surface area contributed by atoms with Crippen LogP contribution < -0.4 is 0 Å². The predicted molar refractivity (Wildman–Crippen MR) is 88.8 cm³/mol. The van der Waals surface area contributed by atoms with E-state index < -0.39 is 0 Å². The van der Waals surface area contributed by atoms with Crippen molar-refractivity contribution in [2.24, 2.45) is 0 Å². The van der Waals surface area contributed by atoms with Gasteiger partial charge in [0, 0.05) is 10.6 Å². The molecule has 3 rings (SSSR count). The lowest BCUT2D eigenvalue weighted by Gasteiger charge is -2.11. The Morgan fingerprint density at radius 3 is 2.38 bits per heavy atom. The molecule has 0 N–H and O–H groups in total. The van der Waals surface area contributed by atoms with Crippen molar-refractivity contribution in [3.63, 3.8) is 0 Å². The minimum absolute atomic E-state index is 0.484. The molecule has 3 aromatic rings. The first-order valence-corrected chi connectivity index (χ1v) is 7.46. The van der Waals surface area contributed by atoms with E-state index in [1.807, 2.05) is 43.3 Å². The fourth-order valence-corrected chi connectivity index (χ4v) is 2.73. The third kappa shape index (κ3) is 2.67. The Bertz CT molecular complexity index is 792. The van der Waals surface area contributed by atoms with Crippen molar-refractivity contribution in [1.29, 1.82) is 0 Å². The number of aryl methyl sites for hydroxylation is 1. The third-order valence-corrected chi connectivity index (χ3v) is 4.29. The van der Waals surface area contributed by atoms with Gasteiger partial charge in [0.15, 0.2) is 0 Å². The minimum Gasteiger partial charge on any atom is -0.231 e. The second-order valence-electron chi connectivity index (χ2n) is 4.67. The Kier molecular flexibility index (Phi) is 3.94. The Morgan fingerprint density at radius 1 is 0.952 bits per heavy atom. The first-order valence-electron chi connectivity index (χ1n) is 6.33. The van der Waals surface area contributed by atoms with Crippen LogP contribution in [-0.2, 0) is 0 Å². The Labute approximate surface area is 137 Å². The summed E-state index contributed by atoms with van der Waals surface area (Å²) < 4.78 is 1.80. The van der Waals surface area contributed by atoms with Gasteiger partial charge in [-0.15, -0.1) is 0 Å². The van der Waals surface area contributed by atoms with Gasteiger partial charge in [-0.1, -0.05) is 53.0 Å². The molecule has 0 atom stereocenters. The van der Waals surface area contributed by atoms with E-state index in [-0.39, 0.29) is 0 Å². The molecule has 1 aromatic heterocycles. The molecule has 1 heterocycles. The fraction of sp³-hybridized carbons (Fsp3) is 0.0625. The van der Waals surface area contributed by atoms with E-state index >= 15 is 0 Å². The van der Waals surface area contributed by atoms with Crippen molar-refractivity contribution in [2.45, 2.75) is 6.92 Å². The van der Waals surface area contributed by atoms with Crippen LogP contribution in [0.2, 0.25) is 15.1 Å². The van der Waals surface area contributed by atoms with Crippen molar-refractivity contribution < 1.29 is 0 Å². The quantitative estimate of drug-likeness (QED) is 0.577. The molecule has 0 fully saturated rings. The largest absolute Gasteiger partial charge is 0.231 e. The normalized spacial score (nSPS) is 10.9. The Balaban J connectivity index is 2.22. The van der Waals surface area contributed by atoms with Crippen LogP contribution in [0.4, 0.5) is 0 Å². The Hall–Kier alpha value is -1.48. The van der Waals surface area contributed by atoms with Crippen LogP contribution in [0.15, 0.2) is 48.7 Å². The molecule has 2 nitrogen and oxygen atoms in total. The minimum atomic E-state index is 0.484. The zero-order chi connectivity index (χ0) is 15.0. The standard InChI is InChI=1S/C16H11Cl3N2/c1-10-9-20-21(14-4-2-3-13(18)15(14)19)16(10)11-5-7-12(17)8-6-11/h2-9H,1H3. The molecule has 0 aliphatic rings. The van der Waals surface area contributed by atoms with Crippen LogP contribution in [0.3, 0.4) is 0 Å². The maximum Gasteiger partial charge on any atom is 0.0854 e. The van der Waals surface area contributed by atoms with E-state index in [9.17, 15) is 0 Å². The van der Waals surface area contributed by atoms with Crippen molar-refractivity contribution in [3.05, 3.63) is 69.3 Å². The topological polar surface area (TPSA) is 17.8 Å². The molecular formula is C16H11Cl3N2. The maximum absolute atomic E-state index is 6.31. The molecule has 106 valence electrons. The van der Waals surface area contributed by atoms with E-state index in [4.69, 9.17) is 34.8 Å². The van der Waals surface area contributed by atoms with Gasteiger partial charge in [0.25, 0.3) is 0 Å². The van der Waals surface area contributed by atoms with Gasteiger partial charge in [0.05, 0.1) is 27.6 Å². The highest BCUT2D eigenvalue weighted by Gasteiger charge is 2.15. The van der Waals surface area contributed by atoms with E-state index in [2.05, 4.69) is 5.10 Å². The smallest absolute Gasteiger partial charge is 0.0854 e. The molecule has 0 bridgehead atoms. The summed E-state index contributed by atoms with van der Waals surface area (Å²) in [4.78, 5) is 0. The van der Waals surface area contributed by atoms with E-state index in [1.165, 1.54) is 0 Å². The van der Waals surface area contributed by atoms with Gasteiger partial charge < -0.3 is 0 Å². The first-order chi connectivity index (χ1) is 10.1. The molecule has 0 unspecified atom stereocenters. The summed E-state index contributed by atoms with van der Waals surface area (Å²) in [6.45, 7) is 2.01. The van der Waals surface area contributed by atoms with Gasteiger partial charge in [-0.05, 0) is 36.8 Å². The molecule has 21 heavy (non-hydrogen) atoms. The van der Waals surface area contributed by atoms with Crippen molar-refractivity contribution >= 4 is 34.8 Å². The van der Waals surface area contributed by atoms with Crippen LogP contribution >= 0.6 is 34.8 Å². The molecule has 0 amide bonds. The summed E-state index contributed by atoms with van der Waals surface area (Å²) in [5.41, 5.74) is 3.79. The predicted octanol–water partition coefficient (Wildman–Crippen LogP) is 5.81. The van der Waals surface area contributed by atoms with Crippen molar-refractivity contribution in [1.82, 2.24) is 9.78 Å². The molecular weight excluding hydrogens is 327 g/mol. The van der Waals surface area contributed by atoms with E-state index in [0.717, 1.165) is 22.5 Å². The molecule has 5 heteroatoms. The number of hydrogen-bond acceptors (Lipinski definition) is 1. The summed E-state index contributed by atoms with van der Waals surface area (Å²) in [5.74, 6) is 0. The zero-order valence-corrected chi connectivity index (χ0v) is 13.4. The van der Waals surface area contributed by atoms with E-state index in [0.29, 0.717) is 15.1 Å². The molecule has 0 aliphatic carbocycles. The lowest BCUT2D eigenvalue weighted by atomic mass is 10.1. The SMILES string of the molecule is Cc1cnn(-c2cccc(Cl)c2Cl)c1-c1ccc(Cl)cc1. The van der Waals surface area contributed by atoms with Crippen LogP contribution in [0.1, 0.15) is 5.56 Å². The lowest BCUT2D eigenvalue weighted by Crippen LogP contribution is -2.00. The first kappa shape index (κ1) is 14.5. The molecule has 0 aliphatic heterocycles. The van der Waals surface area contributed by atoms with Gasteiger partial charge in [-0.25, -0.2) is 4.68 Å². The van der Waals surface area contributed by atoms with Crippen molar-refractivity contribution in [3.8, 4) is 16.9 Å².